The number of hydrogen-bond acceptors (Lipinski definition) is 5. The van der Waals surface area contributed by atoms with Crippen LogP contribution in [0.3, 0.4) is 0 Å². The van der Waals surface area contributed by atoms with Gasteiger partial charge in [0.2, 0.25) is 5.95 Å². The average molecular weight is 393 g/mol. The maximum absolute atomic E-state index is 5.90. The Morgan fingerprint density at radius 3 is 2.32 bits per heavy atom. The summed E-state index contributed by atoms with van der Waals surface area (Å²) in [5.41, 5.74) is 9.73. The van der Waals surface area contributed by atoms with Gasteiger partial charge in [0.1, 0.15) is 5.69 Å². The molecule has 6 nitrogen and oxygen atoms in total. The minimum atomic E-state index is 0.199. The Balaban J connectivity index is 1.74. The molecule has 4 aromatic rings. The highest BCUT2D eigenvalue weighted by molar-refractivity contribution is 9.10. The van der Waals surface area contributed by atoms with Gasteiger partial charge in [-0.25, -0.2) is 9.97 Å². The van der Waals surface area contributed by atoms with Gasteiger partial charge in [0.15, 0.2) is 0 Å². The van der Waals surface area contributed by atoms with Gasteiger partial charge < -0.3 is 5.73 Å². The molecule has 0 aliphatic rings. The number of anilines is 1. The van der Waals surface area contributed by atoms with Crippen LogP contribution in [0.2, 0.25) is 0 Å². The summed E-state index contributed by atoms with van der Waals surface area (Å²) >= 11 is 3.43. The molecule has 4 rings (SSSR count). The maximum Gasteiger partial charge on any atom is 0.221 e. The first-order chi connectivity index (χ1) is 12.2. The molecule has 0 radical (unpaired) electrons. The number of halogens is 1. The first kappa shape index (κ1) is 15.5. The van der Waals surface area contributed by atoms with Crippen LogP contribution in [0, 0.1) is 0 Å². The lowest BCUT2D eigenvalue weighted by Crippen LogP contribution is -2.00. The Bertz CT molecular complexity index is 1010. The van der Waals surface area contributed by atoms with Crippen LogP contribution < -0.4 is 5.73 Å². The van der Waals surface area contributed by atoms with Gasteiger partial charge in [0.25, 0.3) is 0 Å². The number of nitrogens with zero attached hydrogens (tertiary/aromatic N) is 5. The first-order valence-electron chi connectivity index (χ1n) is 7.58. The highest BCUT2D eigenvalue weighted by Crippen LogP contribution is 2.24. The van der Waals surface area contributed by atoms with Crippen molar-refractivity contribution in [3.63, 3.8) is 0 Å². The van der Waals surface area contributed by atoms with Crippen LogP contribution in [-0.2, 0) is 0 Å². The van der Waals surface area contributed by atoms with Crippen LogP contribution in [0.25, 0.3) is 28.3 Å². The predicted octanol–water partition coefficient (Wildman–Crippen LogP) is 3.74. The van der Waals surface area contributed by atoms with Crippen LogP contribution in [-0.4, -0.2) is 25.0 Å². The van der Waals surface area contributed by atoms with E-state index in [9.17, 15) is 0 Å². The molecule has 0 saturated heterocycles. The van der Waals surface area contributed by atoms with Crippen molar-refractivity contribution < 1.29 is 0 Å². The second kappa shape index (κ2) is 6.45. The lowest BCUT2D eigenvalue weighted by atomic mass is 10.1. The van der Waals surface area contributed by atoms with Crippen LogP contribution in [0.1, 0.15) is 0 Å². The Morgan fingerprint density at radius 2 is 1.56 bits per heavy atom. The summed E-state index contributed by atoms with van der Waals surface area (Å²) < 4.78 is 1.00. The molecule has 2 N–H and O–H groups in total. The van der Waals surface area contributed by atoms with E-state index in [1.165, 1.54) is 0 Å². The number of para-hydroxylation sites is 1. The Labute approximate surface area is 152 Å². The standard InChI is InChI=1S/C18H13BrN6/c19-13-8-6-12(7-9-13)15-10-16(23-18(20)22-15)17-11-21-25(24-17)14-4-2-1-3-5-14/h1-11H,(H2,20,22,23). The van der Waals surface area contributed by atoms with Crippen molar-refractivity contribution in [1.29, 1.82) is 0 Å². The van der Waals surface area contributed by atoms with Gasteiger partial charge in [-0.05, 0) is 30.3 Å². The SMILES string of the molecule is Nc1nc(-c2ccc(Br)cc2)cc(-c2cnn(-c3ccccc3)n2)n1. The maximum atomic E-state index is 5.90. The van der Waals surface area contributed by atoms with E-state index in [2.05, 4.69) is 36.1 Å². The smallest absolute Gasteiger partial charge is 0.221 e. The number of nitrogens with two attached hydrogens (primary N) is 1. The normalized spacial score (nSPS) is 10.8. The van der Waals surface area contributed by atoms with Crippen molar-refractivity contribution in [2.24, 2.45) is 0 Å². The first-order valence-corrected chi connectivity index (χ1v) is 8.37. The zero-order valence-corrected chi connectivity index (χ0v) is 14.6. The Hall–Kier alpha value is -3.06. The minimum Gasteiger partial charge on any atom is -0.368 e. The quantitative estimate of drug-likeness (QED) is 0.574. The monoisotopic (exact) mass is 392 g/mol. The molecule has 7 heteroatoms. The molecule has 0 spiro atoms. The van der Waals surface area contributed by atoms with Gasteiger partial charge in [0.05, 0.1) is 23.3 Å². The molecule has 0 saturated carbocycles. The van der Waals surface area contributed by atoms with Gasteiger partial charge in [-0.15, -0.1) is 5.10 Å². The number of nitrogen functional groups attached to an aromatic ring is 1. The summed E-state index contributed by atoms with van der Waals surface area (Å²) in [6.07, 6.45) is 1.67. The van der Waals surface area contributed by atoms with Crippen molar-refractivity contribution in [1.82, 2.24) is 25.0 Å². The van der Waals surface area contributed by atoms with E-state index in [0.29, 0.717) is 11.4 Å². The summed E-state index contributed by atoms with van der Waals surface area (Å²) in [5, 5.41) is 8.80. The molecule has 0 amide bonds. The van der Waals surface area contributed by atoms with Gasteiger partial charge in [-0.1, -0.05) is 46.3 Å². The second-order valence-electron chi connectivity index (χ2n) is 5.36. The van der Waals surface area contributed by atoms with E-state index in [-0.39, 0.29) is 5.95 Å². The number of rotatable bonds is 3. The lowest BCUT2D eigenvalue weighted by Gasteiger charge is -2.04. The van der Waals surface area contributed by atoms with Crippen molar-refractivity contribution in [2.75, 3.05) is 5.73 Å². The summed E-state index contributed by atoms with van der Waals surface area (Å²) in [5.74, 6) is 0.199. The molecule has 0 unspecified atom stereocenters. The van der Waals surface area contributed by atoms with Gasteiger partial charge >= 0.3 is 0 Å². The fraction of sp³-hybridized carbons (Fsp3) is 0. The van der Waals surface area contributed by atoms with Crippen molar-refractivity contribution in [2.45, 2.75) is 0 Å². The van der Waals surface area contributed by atoms with Crippen molar-refractivity contribution in [3.8, 4) is 28.3 Å². The van der Waals surface area contributed by atoms with Crippen LogP contribution in [0.15, 0.2) is 71.3 Å². The van der Waals surface area contributed by atoms with Crippen LogP contribution in [0.4, 0.5) is 5.95 Å². The predicted molar refractivity (Wildman–Crippen MR) is 99.9 cm³/mol. The average Bonchev–Trinajstić information content (AvgIpc) is 3.13. The lowest BCUT2D eigenvalue weighted by molar-refractivity contribution is 0.753. The molecule has 0 aliphatic carbocycles. The fourth-order valence-corrected chi connectivity index (χ4v) is 2.70. The Kier molecular flexibility index (Phi) is 3.99. The van der Waals surface area contributed by atoms with Crippen molar-refractivity contribution >= 4 is 21.9 Å². The van der Waals surface area contributed by atoms with Crippen LogP contribution in [0.5, 0.6) is 0 Å². The third-order valence-electron chi connectivity index (χ3n) is 3.62. The number of benzene rings is 2. The molecule has 0 aliphatic heterocycles. The van der Waals surface area contributed by atoms with Crippen LogP contribution >= 0.6 is 15.9 Å². The van der Waals surface area contributed by atoms with E-state index in [1.807, 2.05) is 60.7 Å². The van der Waals surface area contributed by atoms with E-state index >= 15 is 0 Å². The zero-order valence-electron chi connectivity index (χ0n) is 13.0. The van der Waals surface area contributed by atoms with Gasteiger partial charge in [-0.3, -0.25) is 0 Å². The van der Waals surface area contributed by atoms with Crippen molar-refractivity contribution in [3.05, 3.63) is 71.3 Å². The fourth-order valence-electron chi connectivity index (χ4n) is 2.43. The second-order valence-corrected chi connectivity index (χ2v) is 6.27. The van der Waals surface area contributed by atoms with E-state index in [0.717, 1.165) is 21.4 Å². The van der Waals surface area contributed by atoms with Gasteiger partial charge in [-0.2, -0.15) is 9.90 Å². The molecule has 2 heterocycles. The van der Waals surface area contributed by atoms with E-state index < -0.39 is 0 Å². The summed E-state index contributed by atoms with van der Waals surface area (Å²) in [7, 11) is 0. The highest BCUT2D eigenvalue weighted by atomic mass is 79.9. The van der Waals surface area contributed by atoms with E-state index in [1.54, 1.807) is 11.0 Å². The molecular formula is C18H13BrN6. The Morgan fingerprint density at radius 1 is 0.840 bits per heavy atom. The molecule has 2 aromatic carbocycles. The molecule has 0 fully saturated rings. The number of hydrogen-bond donors (Lipinski definition) is 1. The summed E-state index contributed by atoms with van der Waals surface area (Å²) in [6, 6.07) is 19.4. The van der Waals surface area contributed by atoms with E-state index in [4.69, 9.17) is 5.73 Å². The minimum absolute atomic E-state index is 0.199. The molecule has 122 valence electrons. The summed E-state index contributed by atoms with van der Waals surface area (Å²) in [4.78, 5) is 10.2. The largest absolute Gasteiger partial charge is 0.368 e. The third kappa shape index (κ3) is 3.27. The molecule has 0 bridgehead atoms. The molecule has 25 heavy (non-hydrogen) atoms. The van der Waals surface area contributed by atoms with Gasteiger partial charge in [0, 0.05) is 10.0 Å². The summed E-state index contributed by atoms with van der Waals surface area (Å²) in [6.45, 7) is 0. The third-order valence-corrected chi connectivity index (χ3v) is 4.15. The molecule has 2 aromatic heterocycles. The topological polar surface area (TPSA) is 82.5 Å². The number of aromatic nitrogens is 5. The highest BCUT2D eigenvalue weighted by Gasteiger charge is 2.11. The zero-order chi connectivity index (χ0) is 17.2. The molecule has 0 atom stereocenters. The molecular weight excluding hydrogens is 380 g/mol.